The van der Waals surface area contributed by atoms with E-state index in [0.29, 0.717) is 31.3 Å². The number of ether oxygens (including phenoxy) is 2. The summed E-state index contributed by atoms with van der Waals surface area (Å²) in [7, 11) is 1.65. The number of nitrogens with zero attached hydrogens (tertiary/aromatic N) is 3. The first-order chi connectivity index (χ1) is 16.1. The number of hydrogen-bond acceptors (Lipinski definition) is 7. The van der Waals surface area contributed by atoms with Crippen molar-refractivity contribution in [3.8, 4) is 11.5 Å². The summed E-state index contributed by atoms with van der Waals surface area (Å²) in [6.07, 6.45) is 0.0260. The first kappa shape index (κ1) is 22.4. The lowest BCUT2D eigenvalue weighted by atomic mass is 10.1. The molecule has 0 radical (unpaired) electrons. The smallest absolute Gasteiger partial charge is 0.249 e. The summed E-state index contributed by atoms with van der Waals surface area (Å²) in [5.74, 6) is 1.52. The van der Waals surface area contributed by atoms with Gasteiger partial charge in [-0.2, -0.15) is 0 Å². The van der Waals surface area contributed by atoms with Crippen molar-refractivity contribution >= 4 is 29.1 Å². The van der Waals surface area contributed by atoms with Gasteiger partial charge in [-0.05, 0) is 55.5 Å². The molecule has 9 nitrogen and oxygen atoms in total. The van der Waals surface area contributed by atoms with E-state index in [1.165, 1.54) is 0 Å². The summed E-state index contributed by atoms with van der Waals surface area (Å²) in [4.78, 5) is 33.9. The van der Waals surface area contributed by atoms with Crippen LogP contribution in [0, 0.1) is 0 Å². The predicted molar refractivity (Wildman–Crippen MR) is 127 cm³/mol. The molecule has 9 heteroatoms. The van der Waals surface area contributed by atoms with Crippen LogP contribution in [0.1, 0.15) is 13.3 Å². The summed E-state index contributed by atoms with van der Waals surface area (Å²) in [6, 6.07) is 14.3. The Labute approximate surface area is 193 Å². The van der Waals surface area contributed by atoms with Gasteiger partial charge in [-0.25, -0.2) is 4.99 Å². The Kier molecular flexibility index (Phi) is 6.97. The molecule has 2 heterocycles. The second-order valence-electron chi connectivity index (χ2n) is 7.84. The highest BCUT2D eigenvalue weighted by Gasteiger charge is 2.30. The van der Waals surface area contributed by atoms with Crippen LogP contribution >= 0.6 is 0 Å². The van der Waals surface area contributed by atoms with Crippen molar-refractivity contribution in [2.24, 2.45) is 4.99 Å². The number of hydrogen-bond donors (Lipinski definition) is 2. The van der Waals surface area contributed by atoms with E-state index in [1.54, 1.807) is 31.4 Å². The van der Waals surface area contributed by atoms with E-state index in [9.17, 15) is 9.59 Å². The number of methoxy groups -OCH3 is 1. The van der Waals surface area contributed by atoms with Crippen molar-refractivity contribution in [3.05, 3.63) is 48.5 Å². The minimum atomic E-state index is -0.764. The molecule has 0 aliphatic carbocycles. The van der Waals surface area contributed by atoms with Crippen LogP contribution in [0.25, 0.3) is 0 Å². The highest BCUT2D eigenvalue weighted by atomic mass is 16.5. The molecule has 0 spiro atoms. The Morgan fingerprint density at radius 1 is 1.03 bits per heavy atom. The number of amides is 2. The van der Waals surface area contributed by atoms with Crippen molar-refractivity contribution in [1.82, 2.24) is 10.2 Å². The molecular weight excluding hydrogens is 422 g/mol. The monoisotopic (exact) mass is 451 g/mol. The van der Waals surface area contributed by atoms with Crippen molar-refractivity contribution < 1.29 is 19.1 Å². The van der Waals surface area contributed by atoms with Gasteiger partial charge in [-0.15, -0.1) is 0 Å². The van der Waals surface area contributed by atoms with Crippen LogP contribution in [0.3, 0.4) is 0 Å². The van der Waals surface area contributed by atoms with Crippen LogP contribution in [-0.2, 0) is 9.59 Å². The van der Waals surface area contributed by atoms with E-state index in [2.05, 4.69) is 20.5 Å². The van der Waals surface area contributed by atoms with Crippen LogP contribution in [0.5, 0.6) is 11.5 Å². The average Bonchev–Trinajstić information content (AvgIpc) is 2.85. The Morgan fingerprint density at radius 3 is 2.30 bits per heavy atom. The van der Waals surface area contributed by atoms with Gasteiger partial charge >= 0.3 is 0 Å². The summed E-state index contributed by atoms with van der Waals surface area (Å²) < 4.78 is 10.6. The van der Waals surface area contributed by atoms with E-state index in [-0.39, 0.29) is 18.2 Å². The van der Waals surface area contributed by atoms with Crippen molar-refractivity contribution in [2.45, 2.75) is 19.4 Å². The number of benzene rings is 2. The zero-order valence-electron chi connectivity index (χ0n) is 18.9. The number of nitrogens with one attached hydrogen (secondary N) is 2. The third-order valence-corrected chi connectivity index (χ3v) is 5.66. The van der Waals surface area contributed by atoms with Gasteiger partial charge in [0.2, 0.25) is 17.8 Å². The Balaban J connectivity index is 1.37. The second kappa shape index (κ2) is 10.2. The minimum Gasteiger partial charge on any atom is -0.497 e. The number of guanidine groups is 1. The largest absolute Gasteiger partial charge is 0.497 e. The zero-order valence-corrected chi connectivity index (χ0v) is 18.9. The number of piperazine rings is 1. The number of rotatable bonds is 6. The summed E-state index contributed by atoms with van der Waals surface area (Å²) in [6.45, 7) is 5.44. The fraction of sp³-hybridized carbons (Fsp3) is 0.375. The maximum atomic E-state index is 12.8. The lowest BCUT2D eigenvalue weighted by molar-refractivity contribution is -0.125. The van der Waals surface area contributed by atoms with Gasteiger partial charge in [-0.1, -0.05) is 0 Å². The summed E-state index contributed by atoms with van der Waals surface area (Å²) in [5, 5.41) is 5.68. The van der Waals surface area contributed by atoms with Gasteiger partial charge < -0.3 is 24.6 Å². The number of aliphatic imine (C=N–C) groups is 1. The molecule has 33 heavy (non-hydrogen) atoms. The molecule has 2 aromatic rings. The second-order valence-corrected chi connectivity index (χ2v) is 7.84. The Hall–Kier alpha value is -3.75. The summed E-state index contributed by atoms with van der Waals surface area (Å²) in [5.41, 5.74) is 1.76. The van der Waals surface area contributed by atoms with E-state index < -0.39 is 6.04 Å². The van der Waals surface area contributed by atoms with E-state index >= 15 is 0 Å². The molecule has 2 amide bonds. The predicted octanol–water partition coefficient (Wildman–Crippen LogP) is 2.10. The maximum absolute atomic E-state index is 12.8. The molecule has 2 aromatic carbocycles. The van der Waals surface area contributed by atoms with Gasteiger partial charge in [0.05, 0.1) is 20.1 Å². The molecule has 4 rings (SSSR count). The lowest BCUT2D eigenvalue weighted by Crippen LogP contribution is -2.56. The Morgan fingerprint density at radius 2 is 1.67 bits per heavy atom. The van der Waals surface area contributed by atoms with Crippen molar-refractivity contribution in [3.63, 3.8) is 0 Å². The molecule has 2 aliphatic heterocycles. The molecule has 1 unspecified atom stereocenters. The van der Waals surface area contributed by atoms with Crippen LogP contribution in [-0.4, -0.2) is 68.6 Å². The highest BCUT2D eigenvalue weighted by molar-refractivity contribution is 6.06. The minimum absolute atomic E-state index is 0.0260. The van der Waals surface area contributed by atoms with Crippen LogP contribution < -0.4 is 25.0 Å². The van der Waals surface area contributed by atoms with Crippen LogP contribution in [0.15, 0.2) is 53.5 Å². The van der Waals surface area contributed by atoms with Gasteiger partial charge in [0.15, 0.2) is 0 Å². The van der Waals surface area contributed by atoms with Crippen LogP contribution in [0.2, 0.25) is 0 Å². The standard InChI is InChI=1S/C24H29N5O4/c1-3-33-20-8-4-17(5-9-20)25-23(31)21-16-22(30)27-24(26-21)29-14-12-28(13-15-29)18-6-10-19(32-2)11-7-18/h4-11,21H,3,12-16H2,1-2H3,(H,25,31)(H,26,27,30). The summed E-state index contributed by atoms with van der Waals surface area (Å²) >= 11 is 0. The number of carbonyl (C=O) groups excluding carboxylic acids is 2. The molecule has 0 bridgehead atoms. The molecule has 1 fully saturated rings. The molecule has 174 valence electrons. The van der Waals surface area contributed by atoms with Gasteiger partial charge in [0.1, 0.15) is 17.5 Å². The third kappa shape index (κ3) is 5.54. The quantitative estimate of drug-likeness (QED) is 0.699. The van der Waals surface area contributed by atoms with E-state index in [4.69, 9.17) is 9.47 Å². The molecule has 0 aromatic heterocycles. The zero-order chi connectivity index (χ0) is 23.2. The van der Waals surface area contributed by atoms with Gasteiger partial charge in [0.25, 0.3) is 0 Å². The normalized spacial score (nSPS) is 18.3. The highest BCUT2D eigenvalue weighted by Crippen LogP contribution is 2.21. The topological polar surface area (TPSA) is 95.5 Å². The molecule has 0 saturated carbocycles. The fourth-order valence-electron chi connectivity index (χ4n) is 3.89. The van der Waals surface area contributed by atoms with E-state index in [0.717, 1.165) is 30.3 Å². The van der Waals surface area contributed by atoms with E-state index in [1.807, 2.05) is 36.1 Å². The fourth-order valence-corrected chi connectivity index (χ4v) is 3.89. The van der Waals surface area contributed by atoms with Gasteiger partial charge in [-0.3, -0.25) is 14.9 Å². The molecule has 2 aliphatic rings. The van der Waals surface area contributed by atoms with Crippen molar-refractivity contribution in [2.75, 3.05) is 50.1 Å². The van der Waals surface area contributed by atoms with Crippen molar-refractivity contribution in [1.29, 1.82) is 0 Å². The number of anilines is 2. The van der Waals surface area contributed by atoms with Gasteiger partial charge in [0, 0.05) is 37.6 Å². The molecule has 1 atom stereocenters. The average molecular weight is 452 g/mol. The molecule has 2 N–H and O–H groups in total. The first-order valence-electron chi connectivity index (χ1n) is 11.1. The molecule has 1 saturated heterocycles. The molecular formula is C24H29N5O4. The third-order valence-electron chi connectivity index (χ3n) is 5.66. The SMILES string of the molecule is CCOc1ccc(NC(=O)C2CC(=O)NC(N3CCN(c4ccc(OC)cc4)CC3)=N2)cc1. The van der Waals surface area contributed by atoms with Crippen LogP contribution in [0.4, 0.5) is 11.4 Å². The Bertz CT molecular complexity index is 999. The first-order valence-corrected chi connectivity index (χ1v) is 11.1. The maximum Gasteiger partial charge on any atom is 0.249 e. The number of carbonyl (C=O) groups is 2. The lowest BCUT2D eigenvalue weighted by Gasteiger charge is -2.38.